The summed E-state index contributed by atoms with van der Waals surface area (Å²) in [4.78, 5) is 31.4. The van der Waals surface area contributed by atoms with Crippen LogP contribution >= 0.6 is 23.2 Å². The summed E-state index contributed by atoms with van der Waals surface area (Å²) in [6.45, 7) is 2.70. The molecule has 14 heteroatoms. The number of nitrogens with zero attached hydrogens (tertiary/aromatic N) is 4. The highest BCUT2D eigenvalue weighted by Gasteiger charge is 2.19. The van der Waals surface area contributed by atoms with Crippen LogP contribution in [0.2, 0.25) is 10.0 Å². The third-order valence-corrected chi connectivity index (χ3v) is 6.04. The van der Waals surface area contributed by atoms with E-state index in [1.54, 1.807) is 48.5 Å². The first-order valence-electron chi connectivity index (χ1n) is 11.7. The van der Waals surface area contributed by atoms with Gasteiger partial charge in [-0.3, -0.25) is 20.6 Å². The highest BCUT2D eigenvalue weighted by molar-refractivity contribution is 6.31. The standard InChI is InChI=1S/C24H34Cl2N10O2/c1-33(13-15-35(21(27)28)23(37)31-19-7-3-17(25)4-8-19)11-12-34(2)14-16-36(22(29)30)24(38)32-20-9-5-18(26)6-10-20/h3-10H,11-16H2,1-2H3,(H3,27,28)(H3,29,30)(H,31,37)(H,32,38). The van der Waals surface area contributed by atoms with E-state index in [0.29, 0.717) is 47.6 Å². The fourth-order valence-corrected chi connectivity index (χ4v) is 3.47. The number of hydrogen-bond donors (Lipinski definition) is 6. The zero-order valence-corrected chi connectivity index (χ0v) is 22.9. The van der Waals surface area contributed by atoms with Crippen LogP contribution in [0.1, 0.15) is 0 Å². The quantitative estimate of drug-likeness (QED) is 0.181. The van der Waals surface area contributed by atoms with Gasteiger partial charge in [0.05, 0.1) is 0 Å². The second kappa shape index (κ2) is 15.0. The van der Waals surface area contributed by atoms with Crippen LogP contribution in [0.4, 0.5) is 21.0 Å². The van der Waals surface area contributed by atoms with Crippen LogP contribution in [0.15, 0.2) is 48.5 Å². The van der Waals surface area contributed by atoms with E-state index in [4.69, 9.17) is 45.5 Å². The van der Waals surface area contributed by atoms with E-state index in [2.05, 4.69) is 10.6 Å². The molecule has 2 aromatic rings. The second-order valence-corrected chi connectivity index (χ2v) is 9.43. The second-order valence-electron chi connectivity index (χ2n) is 8.55. The average Bonchev–Trinajstić information content (AvgIpc) is 2.85. The van der Waals surface area contributed by atoms with Crippen LogP contribution < -0.4 is 22.1 Å². The minimum Gasteiger partial charge on any atom is -0.370 e. The van der Waals surface area contributed by atoms with Crippen molar-refractivity contribution in [3.8, 4) is 0 Å². The van der Waals surface area contributed by atoms with Crippen molar-refractivity contribution in [3.05, 3.63) is 58.6 Å². The van der Waals surface area contributed by atoms with Crippen molar-refractivity contribution in [2.45, 2.75) is 0 Å². The molecular formula is C24H34Cl2N10O2. The number of benzene rings is 2. The number of hydrogen-bond acceptors (Lipinski definition) is 6. The van der Waals surface area contributed by atoms with Crippen molar-refractivity contribution in [1.29, 1.82) is 10.8 Å². The summed E-state index contributed by atoms with van der Waals surface area (Å²) >= 11 is 11.7. The van der Waals surface area contributed by atoms with E-state index in [1.807, 2.05) is 23.9 Å². The van der Waals surface area contributed by atoms with E-state index in [9.17, 15) is 9.59 Å². The van der Waals surface area contributed by atoms with Crippen molar-refractivity contribution in [1.82, 2.24) is 19.6 Å². The number of nitrogens with two attached hydrogens (primary N) is 2. The summed E-state index contributed by atoms with van der Waals surface area (Å²) in [5.41, 5.74) is 12.3. The number of guanidine groups is 2. The normalized spacial score (nSPS) is 10.8. The Hall–Kier alpha value is -3.58. The smallest absolute Gasteiger partial charge is 0.328 e. The lowest BCUT2D eigenvalue weighted by atomic mass is 10.3. The van der Waals surface area contributed by atoms with Gasteiger partial charge in [-0.05, 0) is 62.6 Å². The summed E-state index contributed by atoms with van der Waals surface area (Å²) in [7, 11) is 3.79. The molecule has 8 N–H and O–H groups in total. The third kappa shape index (κ3) is 10.4. The zero-order chi connectivity index (χ0) is 28.2. The van der Waals surface area contributed by atoms with E-state index < -0.39 is 12.1 Å². The molecule has 0 saturated heterocycles. The molecule has 0 aliphatic carbocycles. The van der Waals surface area contributed by atoms with Gasteiger partial charge in [0, 0.05) is 60.7 Å². The largest absolute Gasteiger partial charge is 0.370 e. The molecule has 0 heterocycles. The van der Waals surface area contributed by atoms with Crippen LogP contribution in [-0.4, -0.2) is 96.9 Å². The van der Waals surface area contributed by atoms with Crippen LogP contribution in [0, 0.1) is 10.8 Å². The molecule has 0 bridgehead atoms. The molecule has 2 rings (SSSR count). The van der Waals surface area contributed by atoms with Gasteiger partial charge in [0.2, 0.25) is 0 Å². The Morgan fingerprint density at radius 2 is 0.947 bits per heavy atom. The summed E-state index contributed by atoms with van der Waals surface area (Å²) in [6.07, 6.45) is 0. The summed E-state index contributed by atoms with van der Waals surface area (Å²) in [6, 6.07) is 12.2. The van der Waals surface area contributed by atoms with Gasteiger partial charge < -0.3 is 31.9 Å². The predicted octanol–water partition coefficient (Wildman–Crippen LogP) is 3.01. The number of nitrogens with one attached hydrogen (secondary N) is 4. The molecule has 38 heavy (non-hydrogen) atoms. The van der Waals surface area contributed by atoms with Crippen molar-refractivity contribution >= 4 is 58.6 Å². The lowest BCUT2D eigenvalue weighted by Crippen LogP contribution is -2.48. The van der Waals surface area contributed by atoms with Gasteiger partial charge >= 0.3 is 12.1 Å². The van der Waals surface area contributed by atoms with Crippen molar-refractivity contribution in [2.75, 3.05) is 64.0 Å². The molecule has 0 aliphatic rings. The third-order valence-electron chi connectivity index (χ3n) is 5.54. The number of likely N-dealkylation sites (N-methyl/N-ethyl adjacent to an activating group) is 2. The number of amides is 4. The molecule has 0 unspecified atom stereocenters. The van der Waals surface area contributed by atoms with Crippen molar-refractivity contribution in [3.63, 3.8) is 0 Å². The Bertz CT molecular complexity index is 1010. The zero-order valence-electron chi connectivity index (χ0n) is 21.4. The fourth-order valence-electron chi connectivity index (χ4n) is 3.22. The number of urea groups is 2. The highest BCUT2D eigenvalue weighted by atomic mass is 35.5. The maximum absolute atomic E-state index is 12.6. The first-order chi connectivity index (χ1) is 18.0. The number of carbonyl (C=O) groups excluding carboxylic acids is 2. The van der Waals surface area contributed by atoms with Crippen LogP contribution in [0.25, 0.3) is 0 Å². The molecule has 206 valence electrons. The van der Waals surface area contributed by atoms with E-state index in [0.717, 1.165) is 9.80 Å². The summed E-state index contributed by atoms with van der Waals surface area (Å²) < 4.78 is 0. The van der Waals surface area contributed by atoms with Gasteiger partial charge in [-0.2, -0.15) is 0 Å². The predicted molar refractivity (Wildman–Crippen MR) is 153 cm³/mol. The minimum atomic E-state index is -0.508. The lowest BCUT2D eigenvalue weighted by Gasteiger charge is -2.27. The number of anilines is 2. The van der Waals surface area contributed by atoms with Crippen molar-refractivity contribution in [2.24, 2.45) is 11.5 Å². The Morgan fingerprint density at radius 1 is 0.658 bits per heavy atom. The molecule has 0 atom stereocenters. The van der Waals surface area contributed by atoms with Crippen molar-refractivity contribution < 1.29 is 9.59 Å². The maximum atomic E-state index is 12.6. The summed E-state index contributed by atoms with van der Waals surface area (Å²) in [5, 5.41) is 22.0. The van der Waals surface area contributed by atoms with E-state index in [1.165, 1.54) is 0 Å². The average molecular weight is 566 g/mol. The Balaban J connectivity index is 1.77. The Labute approximate surface area is 232 Å². The Morgan fingerprint density at radius 3 is 1.24 bits per heavy atom. The van der Waals surface area contributed by atoms with Crippen LogP contribution in [0.5, 0.6) is 0 Å². The van der Waals surface area contributed by atoms with Gasteiger partial charge in [0.1, 0.15) is 0 Å². The molecule has 4 amide bonds. The van der Waals surface area contributed by atoms with E-state index in [-0.39, 0.29) is 25.0 Å². The number of halogens is 2. The molecule has 0 aromatic heterocycles. The molecule has 2 aromatic carbocycles. The minimum absolute atomic E-state index is 0.220. The molecule has 0 fully saturated rings. The topological polar surface area (TPSA) is 171 Å². The molecule has 0 radical (unpaired) electrons. The monoisotopic (exact) mass is 564 g/mol. The highest BCUT2D eigenvalue weighted by Crippen LogP contribution is 2.15. The van der Waals surface area contributed by atoms with Crippen LogP contribution in [0.3, 0.4) is 0 Å². The molecule has 0 spiro atoms. The van der Waals surface area contributed by atoms with E-state index >= 15 is 0 Å². The van der Waals surface area contributed by atoms with Gasteiger partial charge in [-0.15, -0.1) is 0 Å². The fraction of sp³-hybridized carbons (Fsp3) is 0.333. The van der Waals surface area contributed by atoms with Gasteiger partial charge in [-0.1, -0.05) is 23.2 Å². The number of rotatable bonds is 11. The lowest BCUT2D eigenvalue weighted by molar-refractivity contribution is 0.212. The molecule has 12 nitrogen and oxygen atoms in total. The Kier molecular flexibility index (Phi) is 12.1. The van der Waals surface area contributed by atoms with Gasteiger partial charge in [0.25, 0.3) is 0 Å². The van der Waals surface area contributed by atoms with Gasteiger partial charge in [0.15, 0.2) is 11.9 Å². The van der Waals surface area contributed by atoms with Crippen LogP contribution in [-0.2, 0) is 0 Å². The molecule has 0 aliphatic heterocycles. The number of carbonyl (C=O) groups is 2. The SMILES string of the molecule is CN(CCN(C)CCN(C(=N)N)C(=O)Nc1ccc(Cl)cc1)CCN(C(=N)N)C(=O)Nc1ccc(Cl)cc1. The summed E-state index contributed by atoms with van der Waals surface area (Å²) in [5.74, 6) is -0.716. The maximum Gasteiger partial charge on any atom is 0.328 e. The first kappa shape index (κ1) is 30.6. The first-order valence-corrected chi connectivity index (χ1v) is 12.4. The van der Waals surface area contributed by atoms with Gasteiger partial charge in [-0.25, -0.2) is 9.59 Å². The molecular weight excluding hydrogens is 531 g/mol. The molecule has 0 saturated carbocycles.